The van der Waals surface area contributed by atoms with E-state index in [-0.39, 0.29) is 11.9 Å². The van der Waals surface area contributed by atoms with E-state index in [1.54, 1.807) is 0 Å². The quantitative estimate of drug-likeness (QED) is 0.232. The number of guanidine groups is 1. The van der Waals surface area contributed by atoms with Crippen molar-refractivity contribution in [1.82, 2.24) is 20.3 Å². The number of rotatable bonds is 13. The standard InChI is InChI=1S/C20H43N5O3S/c1-6-21-20(22-11-9-13-25(17(2)3)18(4)5)23-12-15-29(26,27)24-16-19-10-7-8-14-28-19/h17-19,24H,6-16H2,1-5H3,(H2,21,22,23). The predicted octanol–water partition coefficient (Wildman–Crippen LogP) is 1.54. The van der Waals surface area contributed by atoms with Crippen LogP contribution in [0.2, 0.25) is 0 Å². The van der Waals surface area contributed by atoms with E-state index in [1.165, 1.54) is 0 Å². The molecule has 1 aliphatic heterocycles. The molecule has 0 aromatic heterocycles. The lowest BCUT2D eigenvalue weighted by Gasteiger charge is -2.30. The van der Waals surface area contributed by atoms with Crippen LogP contribution in [0.3, 0.4) is 0 Å². The summed E-state index contributed by atoms with van der Waals surface area (Å²) in [5, 5.41) is 6.30. The van der Waals surface area contributed by atoms with E-state index in [2.05, 4.69) is 52.9 Å². The minimum atomic E-state index is -3.33. The predicted molar refractivity (Wildman–Crippen MR) is 121 cm³/mol. The van der Waals surface area contributed by atoms with Gasteiger partial charge >= 0.3 is 0 Å². The first-order valence-corrected chi connectivity index (χ1v) is 12.8. The Morgan fingerprint density at radius 1 is 1.17 bits per heavy atom. The Balaban J connectivity index is 2.35. The summed E-state index contributed by atoms with van der Waals surface area (Å²) < 4.78 is 32.6. The van der Waals surface area contributed by atoms with Gasteiger partial charge in [0.15, 0.2) is 5.96 Å². The third-order valence-corrected chi connectivity index (χ3v) is 6.33. The smallest absolute Gasteiger partial charge is 0.213 e. The molecule has 1 rings (SSSR count). The average Bonchev–Trinajstić information content (AvgIpc) is 2.66. The molecule has 1 unspecified atom stereocenters. The van der Waals surface area contributed by atoms with Gasteiger partial charge in [0.2, 0.25) is 10.0 Å². The normalized spacial score (nSPS) is 18.6. The first-order chi connectivity index (χ1) is 13.7. The molecule has 3 N–H and O–H groups in total. The molecule has 0 aliphatic carbocycles. The lowest BCUT2D eigenvalue weighted by atomic mass is 10.1. The van der Waals surface area contributed by atoms with Crippen LogP contribution in [0.1, 0.15) is 60.3 Å². The van der Waals surface area contributed by atoms with Gasteiger partial charge in [-0.05, 0) is 60.3 Å². The Morgan fingerprint density at radius 2 is 1.90 bits per heavy atom. The maximum atomic E-state index is 12.2. The van der Waals surface area contributed by atoms with E-state index in [9.17, 15) is 8.42 Å². The van der Waals surface area contributed by atoms with Crippen LogP contribution in [0, 0.1) is 0 Å². The van der Waals surface area contributed by atoms with Crippen molar-refractivity contribution >= 4 is 16.0 Å². The zero-order valence-corrected chi connectivity index (χ0v) is 19.9. The molecule has 1 aliphatic rings. The maximum absolute atomic E-state index is 12.2. The molecule has 0 spiro atoms. The van der Waals surface area contributed by atoms with Crippen LogP contribution in [0.15, 0.2) is 4.99 Å². The molecule has 0 saturated carbocycles. The van der Waals surface area contributed by atoms with Gasteiger partial charge < -0.3 is 15.4 Å². The molecular weight excluding hydrogens is 390 g/mol. The number of hydrogen-bond acceptors (Lipinski definition) is 5. The van der Waals surface area contributed by atoms with Crippen LogP contribution in [0.4, 0.5) is 0 Å². The molecule has 172 valence electrons. The third kappa shape index (κ3) is 11.8. The molecule has 0 aromatic rings. The monoisotopic (exact) mass is 433 g/mol. The van der Waals surface area contributed by atoms with Gasteiger partial charge in [0.05, 0.1) is 11.9 Å². The van der Waals surface area contributed by atoms with Crippen molar-refractivity contribution in [2.75, 3.05) is 45.1 Å². The van der Waals surface area contributed by atoms with Crippen LogP contribution >= 0.6 is 0 Å². The van der Waals surface area contributed by atoms with E-state index < -0.39 is 10.0 Å². The van der Waals surface area contributed by atoms with Crippen molar-refractivity contribution in [2.24, 2.45) is 4.99 Å². The molecule has 1 atom stereocenters. The molecule has 0 bridgehead atoms. The van der Waals surface area contributed by atoms with E-state index in [0.29, 0.717) is 37.7 Å². The molecule has 1 heterocycles. The highest BCUT2D eigenvalue weighted by Gasteiger charge is 2.17. The zero-order valence-electron chi connectivity index (χ0n) is 19.0. The summed E-state index contributed by atoms with van der Waals surface area (Å²) in [5.74, 6) is 0.678. The van der Waals surface area contributed by atoms with Gasteiger partial charge in [0.1, 0.15) is 0 Å². The van der Waals surface area contributed by atoms with E-state index >= 15 is 0 Å². The lowest BCUT2D eigenvalue weighted by molar-refractivity contribution is 0.0200. The molecule has 1 fully saturated rings. The van der Waals surface area contributed by atoms with Gasteiger partial charge in [-0.15, -0.1) is 0 Å². The van der Waals surface area contributed by atoms with Crippen LogP contribution in [0.5, 0.6) is 0 Å². The fourth-order valence-corrected chi connectivity index (χ4v) is 4.42. The molecule has 0 radical (unpaired) electrons. The number of ether oxygens (including phenoxy) is 1. The summed E-state index contributed by atoms with van der Waals surface area (Å²) in [6.07, 6.45) is 4.05. The van der Waals surface area contributed by atoms with Gasteiger partial charge in [-0.3, -0.25) is 9.89 Å². The van der Waals surface area contributed by atoms with Crippen molar-refractivity contribution in [3.05, 3.63) is 0 Å². The fourth-order valence-electron chi connectivity index (χ4n) is 3.46. The fraction of sp³-hybridized carbons (Fsp3) is 0.950. The SMILES string of the molecule is CCNC(=NCCCN(C(C)C)C(C)C)NCCS(=O)(=O)NCC1CCCCO1. The van der Waals surface area contributed by atoms with Crippen molar-refractivity contribution < 1.29 is 13.2 Å². The Bertz CT molecular complexity index is 552. The van der Waals surface area contributed by atoms with Crippen molar-refractivity contribution in [2.45, 2.75) is 78.5 Å². The van der Waals surface area contributed by atoms with Gasteiger partial charge in [0, 0.05) is 51.4 Å². The molecule has 8 nitrogen and oxygen atoms in total. The number of sulfonamides is 1. The minimum absolute atomic E-state index is 0.00149. The number of nitrogens with one attached hydrogen (secondary N) is 3. The van der Waals surface area contributed by atoms with Crippen molar-refractivity contribution in [3.63, 3.8) is 0 Å². The summed E-state index contributed by atoms with van der Waals surface area (Å²) >= 11 is 0. The summed E-state index contributed by atoms with van der Waals surface area (Å²) in [5.41, 5.74) is 0. The highest BCUT2D eigenvalue weighted by molar-refractivity contribution is 7.89. The Kier molecular flexibility index (Phi) is 12.8. The van der Waals surface area contributed by atoms with Gasteiger partial charge in [-0.25, -0.2) is 13.1 Å². The number of hydrogen-bond donors (Lipinski definition) is 3. The van der Waals surface area contributed by atoms with Gasteiger partial charge in [-0.1, -0.05) is 0 Å². The Hall–Kier alpha value is -0.900. The van der Waals surface area contributed by atoms with Crippen LogP contribution in [0.25, 0.3) is 0 Å². The molecule has 1 saturated heterocycles. The molecule has 0 amide bonds. The second-order valence-electron chi connectivity index (χ2n) is 8.12. The van der Waals surface area contributed by atoms with E-state index in [0.717, 1.165) is 45.4 Å². The Labute approximate surface area is 178 Å². The maximum Gasteiger partial charge on any atom is 0.213 e. The van der Waals surface area contributed by atoms with Crippen molar-refractivity contribution in [1.29, 1.82) is 0 Å². The van der Waals surface area contributed by atoms with Gasteiger partial charge in [-0.2, -0.15) is 0 Å². The Morgan fingerprint density at radius 3 is 2.48 bits per heavy atom. The molecular formula is C20H43N5O3S. The number of aliphatic imine (C=N–C) groups is 1. The summed E-state index contributed by atoms with van der Waals surface area (Å²) in [4.78, 5) is 7.02. The lowest BCUT2D eigenvalue weighted by Crippen LogP contribution is -2.42. The topological polar surface area (TPSA) is 95.1 Å². The molecule has 9 heteroatoms. The second-order valence-corrected chi connectivity index (χ2v) is 10.0. The second kappa shape index (κ2) is 14.2. The highest BCUT2D eigenvalue weighted by atomic mass is 32.2. The zero-order chi connectivity index (χ0) is 21.7. The summed E-state index contributed by atoms with van der Waals surface area (Å²) in [7, 11) is -3.33. The van der Waals surface area contributed by atoms with Crippen LogP contribution in [-0.4, -0.2) is 82.5 Å². The van der Waals surface area contributed by atoms with Crippen LogP contribution < -0.4 is 15.4 Å². The molecule has 0 aromatic carbocycles. The van der Waals surface area contributed by atoms with Gasteiger partial charge in [0.25, 0.3) is 0 Å². The van der Waals surface area contributed by atoms with Crippen LogP contribution in [-0.2, 0) is 14.8 Å². The minimum Gasteiger partial charge on any atom is -0.377 e. The van der Waals surface area contributed by atoms with Crippen molar-refractivity contribution in [3.8, 4) is 0 Å². The summed E-state index contributed by atoms with van der Waals surface area (Å²) in [6.45, 7) is 14.7. The van der Waals surface area contributed by atoms with E-state index in [4.69, 9.17) is 4.74 Å². The largest absolute Gasteiger partial charge is 0.377 e. The third-order valence-electron chi connectivity index (χ3n) is 4.98. The average molecular weight is 434 g/mol. The van der Waals surface area contributed by atoms with E-state index in [1.807, 2.05) is 6.92 Å². The first-order valence-electron chi connectivity index (χ1n) is 11.1. The highest BCUT2D eigenvalue weighted by Crippen LogP contribution is 2.11. The first kappa shape index (κ1) is 26.1. The number of nitrogens with zero attached hydrogens (tertiary/aromatic N) is 2. The summed E-state index contributed by atoms with van der Waals surface area (Å²) in [6, 6.07) is 1.03. The molecule has 29 heavy (non-hydrogen) atoms.